The third-order valence-electron chi connectivity index (χ3n) is 4.07. The lowest BCUT2D eigenvalue weighted by atomic mass is 10.2. The zero-order valence-corrected chi connectivity index (χ0v) is 16.4. The number of rotatable bonds is 6. The van der Waals surface area contributed by atoms with Gasteiger partial charge in [0.2, 0.25) is 0 Å². The summed E-state index contributed by atoms with van der Waals surface area (Å²) >= 11 is 6.05. The number of esters is 1. The molecule has 0 heterocycles. The molecule has 0 N–H and O–H groups in total. The van der Waals surface area contributed by atoms with Gasteiger partial charge < -0.3 is 14.4 Å². The number of methoxy groups -OCH3 is 1. The van der Waals surface area contributed by atoms with Gasteiger partial charge in [0.15, 0.2) is 0 Å². The van der Waals surface area contributed by atoms with E-state index in [1.807, 2.05) is 60.7 Å². The molecule has 0 unspecified atom stereocenters. The first-order chi connectivity index (χ1) is 13.5. The number of hydrogen-bond donors (Lipinski definition) is 0. The molecule has 0 atom stereocenters. The molecule has 0 saturated heterocycles. The van der Waals surface area contributed by atoms with Gasteiger partial charge in [-0.05, 0) is 79.7 Å². The van der Waals surface area contributed by atoms with Gasteiger partial charge in [-0.25, -0.2) is 4.79 Å². The van der Waals surface area contributed by atoms with Crippen molar-refractivity contribution >= 4 is 34.6 Å². The Morgan fingerprint density at radius 1 is 0.821 bits per heavy atom. The van der Waals surface area contributed by atoms with Gasteiger partial charge in [0.05, 0.1) is 7.11 Å². The average Bonchev–Trinajstić information content (AvgIpc) is 2.71. The van der Waals surface area contributed by atoms with Crippen LogP contribution in [0, 0.1) is 0 Å². The zero-order valence-electron chi connectivity index (χ0n) is 15.7. The quantitative estimate of drug-likeness (QED) is 0.280. The van der Waals surface area contributed by atoms with Gasteiger partial charge in [-0.2, -0.15) is 0 Å². The van der Waals surface area contributed by atoms with Gasteiger partial charge in [0.1, 0.15) is 11.5 Å². The van der Waals surface area contributed by atoms with Crippen molar-refractivity contribution in [2.45, 2.75) is 6.92 Å². The summed E-state index contributed by atoms with van der Waals surface area (Å²) in [7, 11) is 1.64. The fourth-order valence-electron chi connectivity index (χ4n) is 2.63. The van der Waals surface area contributed by atoms with Crippen LogP contribution in [-0.2, 0) is 4.79 Å². The number of carbonyl (C=O) groups is 1. The minimum absolute atomic E-state index is 0.352. The summed E-state index contributed by atoms with van der Waals surface area (Å²) in [6.45, 7) is 5.21. The predicted molar refractivity (Wildman–Crippen MR) is 113 cm³/mol. The molecule has 0 amide bonds. The SMILES string of the molecule is C=C(C)C(=O)Oc1ccc(N(c2ccc(Cl)cc2)c2ccc(OC)cc2)cc1. The minimum atomic E-state index is -0.447. The van der Waals surface area contributed by atoms with Crippen molar-refractivity contribution in [2.75, 3.05) is 12.0 Å². The first-order valence-corrected chi connectivity index (χ1v) is 9.03. The Bertz CT molecular complexity index is 964. The standard InChI is InChI=1S/C23H20ClNO3/c1-16(2)23(26)28-22-14-10-20(11-15-22)25(18-6-4-17(24)5-7-18)19-8-12-21(27-3)13-9-19/h4-15H,1H2,2-3H3. The number of anilines is 3. The van der Waals surface area contributed by atoms with Crippen molar-refractivity contribution in [3.63, 3.8) is 0 Å². The van der Waals surface area contributed by atoms with Crippen LogP contribution in [0.5, 0.6) is 11.5 Å². The molecule has 4 nitrogen and oxygen atoms in total. The van der Waals surface area contributed by atoms with Crippen molar-refractivity contribution < 1.29 is 14.3 Å². The maximum Gasteiger partial charge on any atom is 0.338 e. The van der Waals surface area contributed by atoms with Crippen molar-refractivity contribution in [1.29, 1.82) is 0 Å². The monoisotopic (exact) mass is 393 g/mol. The Labute approximate surface area is 169 Å². The van der Waals surface area contributed by atoms with Gasteiger partial charge in [-0.3, -0.25) is 0 Å². The number of ether oxygens (including phenoxy) is 2. The molecule has 0 bridgehead atoms. The fourth-order valence-corrected chi connectivity index (χ4v) is 2.75. The van der Waals surface area contributed by atoms with Crippen molar-refractivity contribution in [2.24, 2.45) is 0 Å². The van der Waals surface area contributed by atoms with Gasteiger partial charge in [0.25, 0.3) is 0 Å². The summed E-state index contributed by atoms with van der Waals surface area (Å²) in [5, 5.41) is 0.667. The summed E-state index contributed by atoms with van der Waals surface area (Å²) < 4.78 is 10.5. The second-order valence-electron chi connectivity index (χ2n) is 6.17. The van der Waals surface area contributed by atoms with Crippen LogP contribution < -0.4 is 14.4 Å². The highest BCUT2D eigenvalue weighted by molar-refractivity contribution is 6.30. The summed E-state index contributed by atoms with van der Waals surface area (Å²) in [6, 6.07) is 22.6. The Hall–Kier alpha value is -3.24. The normalized spacial score (nSPS) is 10.2. The summed E-state index contributed by atoms with van der Waals surface area (Å²) in [6.07, 6.45) is 0. The number of nitrogens with zero attached hydrogens (tertiary/aromatic N) is 1. The summed E-state index contributed by atoms with van der Waals surface area (Å²) in [4.78, 5) is 13.8. The summed E-state index contributed by atoms with van der Waals surface area (Å²) in [5.74, 6) is 0.793. The topological polar surface area (TPSA) is 38.8 Å². The number of carbonyl (C=O) groups excluding carboxylic acids is 1. The Balaban J connectivity index is 1.97. The largest absolute Gasteiger partial charge is 0.497 e. The van der Waals surface area contributed by atoms with Crippen LogP contribution in [0.3, 0.4) is 0 Å². The van der Waals surface area contributed by atoms with Crippen LogP contribution in [0.4, 0.5) is 17.1 Å². The molecule has 142 valence electrons. The maximum atomic E-state index is 11.7. The highest BCUT2D eigenvalue weighted by Crippen LogP contribution is 2.36. The smallest absolute Gasteiger partial charge is 0.338 e. The van der Waals surface area contributed by atoms with E-state index >= 15 is 0 Å². The van der Waals surface area contributed by atoms with Gasteiger partial charge in [-0.1, -0.05) is 18.2 Å². The van der Waals surface area contributed by atoms with Crippen LogP contribution in [0.25, 0.3) is 0 Å². The van der Waals surface area contributed by atoms with E-state index in [-0.39, 0.29) is 0 Å². The molecule has 3 aromatic rings. The lowest BCUT2D eigenvalue weighted by Gasteiger charge is -2.25. The Morgan fingerprint density at radius 3 is 1.68 bits per heavy atom. The first kappa shape index (κ1) is 19.5. The third-order valence-corrected chi connectivity index (χ3v) is 4.32. The molecule has 0 aromatic heterocycles. The molecular formula is C23H20ClNO3. The number of hydrogen-bond acceptors (Lipinski definition) is 4. The number of halogens is 1. The Kier molecular flexibility index (Phi) is 6.02. The van der Waals surface area contributed by atoms with Crippen molar-refractivity contribution in [3.05, 3.63) is 90.0 Å². The van der Waals surface area contributed by atoms with Crippen LogP contribution in [-0.4, -0.2) is 13.1 Å². The average molecular weight is 394 g/mol. The van der Waals surface area contributed by atoms with Crippen LogP contribution in [0.15, 0.2) is 84.9 Å². The lowest BCUT2D eigenvalue weighted by Crippen LogP contribution is -2.11. The molecule has 28 heavy (non-hydrogen) atoms. The van der Waals surface area contributed by atoms with Crippen LogP contribution in [0.2, 0.25) is 5.02 Å². The second kappa shape index (κ2) is 8.63. The maximum absolute atomic E-state index is 11.7. The van der Waals surface area contributed by atoms with Gasteiger partial charge >= 0.3 is 5.97 Å². The van der Waals surface area contributed by atoms with E-state index < -0.39 is 5.97 Å². The molecular weight excluding hydrogens is 374 g/mol. The Morgan fingerprint density at radius 2 is 1.25 bits per heavy atom. The van der Waals surface area contributed by atoms with Gasteiger partial charge in [0, 0.05) is 27.7 Å². The lowest BCUT2D eigenvalue weighted by molar-refractivity contribution is -0.130. The first-order valence-electron chi connectivity index (χ1n) is 8.65. The molecule has 3 rings (SSSR count). The molecule has 5 heteroatoms. The van der Waals surface area contributed by atoms with E-state index in [2.05, 4.69) is 11.5 Å². The van der Waals surface area contributed by atoms with Crippen molar-refractivity contribution in [3.8, 4) is 11.5 Å². The molecule has 0 aliphatic carbocycles. The highest BCUT2D eigenvalue weighted by atomic mass is 35.5. The van der Waals surface area contributed by atoms with Gasteiger partial charge in [-0.15, -0.1) is 0 Å². The fraction of sp³-hybridized carbons (Fsp3) is 0.0870. The molecule has 0 spiro atoms. The van der Waals surface area contributed by atoms with E-state index in [1.54, 1.807) is 26.2 Å². The second-order valence-corrected chi connectivity index (χ2v) is 6.61. The van der Waals surface area contributed by atoms with E-state index in [0.29, 0.717) is 16.3 Å². The van der Waals surface area contributed by atoms with Crippen molar-refractivity contribution in [1.82, 2.24) is 0 Å². The third kappa shape index (κ3) is 4.53. The van der Waals surface area contributed by atoms with E-state index in [4.69, 9.17) is 21.1 Å². The predicted octanol–water partition coefficient (Wildman–Crippen LogP) is 6.30. The number of benzene rings is 3. The van der Waals surface area contributed by atoms with E-state index in [1.165, 1.54) is 0 Å². The molecule has 0 aliphatic rings. The molecule has 0 fully saturated rings. The van der Waals surface area contributed by atoms with E-state index in [9.17, 15) is 4.79 Å². The molecule has 0 aliphatic heterocycles. The van der Waals surface area contributed by atoms with E-state index in [0.717, 1.165) is 22.8 Å². The van der Waals surface area contributed by atoms with Crippen LogP contribution >= 0.6 is 11.6 Å². The highest BCUT2D eigenvalue weighted by Gasteiger charge is 2.13. The zero-order chi connectivity index (χ0) is 20.1. The summed E-state index contributed by atoms with van der Waals surface area (Å²) in [5.41, 5.74) is 3.16. The van der Waals surface area contributed by atoms with Crippen LogP contribution in [0.1, 0.15) is 6.92 Å². The molecule has 0 saturated carbocycles. The molecule has 3 aromatic carbocycles. The minimum Gasteiger partial charge on any atom is -0.497 e. The molecule has 0 radical (unpaired) electrons.